The van der Waals surface area contributed by atoms with Crippen molar-refractivity contribution in [2.24, 2.45) is 0 Å². The van der Waals surface area contributed by atoms with Crippen LogP contribution in [0.4, 0.5) is 17.3 Å². The van der Waals surface area contributed by atoms with Gasteiger partial charge in [-0.1, -0.05) is 81.3 Å². The number of benzene rings is 4. The SMILES string of the molecule is C.C=CCCOc1cccc(-c2ccnc(Cl)n2)c1.C=CCCOc1cccc(-c2ccnc(Nc3cccc(COC=C)c3)n2)c1.C=COCc1cccc(N)c1. The molecule has 2 heterocycles. The van der Waals surface area contributed by atoms with Crippen molar-refractivity contribution in [3.8, 4) is 34.0 Å². The highest BCUT2D eigenvalue weighted by Gasteiger charge is 2.06. The summed E-state index contributed by atoms with van der Waals surface area (Å²) in [5, 5.41) is 3.48. The number of ether oxygens (including phenoxy) is 4. The first-order valence-electron chi connectivity index (χ1n) is 18.1. The highest BCUT2D eigenvalue weighted by atomic mass is 35.5. The van der Waals surface area contributed by atoms with Gasteiger partial charge in [-0.25, -0.2) is 19.9 Å². The molecule has 0 aliphatic carbocycles. The Hall–Kier alpha value is -6.91. The molecule has 0 fully saturated rings. The average molecular weight is 799 g/mol. The summed E-state index contributed by atoms with van der Waals surface area (Å²) in [6.45, 7) is 16.6. The largest absolute Gasteiger partial charge is 0.497 e. The van der Waals surface area contributed by atoms with Gasteiger partial charge in [0.25, 0.3) is 0 Å². The van der Waals surface area contributed by atoms with Crippen molar-refractivity contribution in [2.45, 2.75) is 33.5 Å². The van der Waals surface area contributed by atoms with Gasteiger partial charge in [-0.05, 0) is 96.2 Å². The van der Waals surface area contributed by atoms with E-state index < -0.39 is 0 Å². The molecular formula is C47H51ClN6O4. The van der Waals surface area contributed by atoms with Crippen LogP contribution in [0.5, 0.6) is 11.5 Å². The molecule has 3 N–H and O–H groups in total. The maximum Gasteiger partial charge on any atom is 0.227 e. The molecule has 0 aliphatic heterocycles. The third-order valence-corrected chi connectivity index (χ3v) is 7.77. The van der Waals surface area contributed by atoms with Gasteiger partial charge in [-0.15, -0.1) is 13.2 Å². The molecule has 6 aromatic rings. The molecule has 0 amide bonds. The van der Waals surface area contributed by atoms with E-state index in [0.29, 0.717) is 32.4 Å². The molecule has 58 heavy (non-hydrogen) atoms. The number of nitrogen functional groups attached to an aromatic ring is 1. The van der Waals surface area contributed by atoms with E-state index in [4.69, 9.17) is 36.3 Å². The molecule has 0 saturated heterocycles. The monoisotopic (exact) mass is 798 g/mol. The first kappa shape index (κ1) is 45.5. The van der Waals surface area contributed by atoms with Crippen LogP contribution in [0.2, 0.25) is 5.28 Å². The van der Waals surface area contributed by atoms with Gasteiger partial charge < -0.3 is 30.0 Å². The number of nitrogens with one attached hydrogen (secondary N) is 1. The van der Waals surface area contributed by atoms with E-state index in [9.17, 15) is 0 Å². The average Bonchev–Trinajstić information content (AvgIpc) is 3.23. The Morgan fingerprint density at radius 3 is 1.71 bits per heavy atom. The minimum Gasteiger partial charge on any atom is -0.497 e. The Kier molecular flexibility index (Phi) is 20.4. The molecule has 0 spiro atoms. The van der Waals surface area contributed by atoms with E-state index in [-0.39, 0.29) is 12.7 Å². The molecule has 0 aliphatic rings. The summed E-state index contributed by atoms with van der Waals surface area (Å²) < 4.78 is 21.5. The Balaban J connectivity index is 0.000000256. The summed E-state index contributed by atoms with van der Waals surface area (Å²) >= 11 is 5.77. The van der Waals surface area contributed by atoms with Crippen molar-refractivity contribution in [3.63, 3.8) is 0 Å². The fraction of sp³-hybridized carbons (Fsp3) is 0.149. The summed E-state index contributed by atoms with van der Waals surface area (Å²) in [5.41, 5.74) is 12.8. The van der Waals surface area contributed by atoms with Crippen LogP contribution in [0.3, 0.4) is 0 Å². The van der Waals surface area contributed by atoms with Crippen molar-refractivity contribution >= 4 is 28.9 Å². The summed E-state index contributed by atoms with van der Waals surface area (Å²) in [5.74, 6) is 2.14. The molecule has 4 aromatic carbocycles. The molecule has 0 atom stereocenters. The normalized spacial score (nSPS) is 9.74. The Morgan fingerprint density at radius 2 is 1.16 bits per heavy atom. The molecule has 300 valence electrons. The molecule has 10 nitrogen and oxygen atoms in total. The van der Waals surface area contributed by atoms with E-state index in [1.165, 1.54) is 12.5 Å². The Labute approximate surface area is 347 Å². The van der Waals surface area contributed by atoms with Crippen LogP contribution in [-0.2, 0) is 22.7 Å². The van der Waals surface area contributed by atoms with E-state index >= 15 is 0 Å². The van der Waals surface area contributed by atoms with Crippen molar-refractivity contribution in [2.75, 3.05) is 24.3 Å². The minimum absolute atomic E-state index is 0. The number of nitrogens with two attached hydrogens (primary N) is 1. The molecular weight excluding hydrogens is 748 g/mol. The predicted molar refractivity (Wildman–Crippen MR) is 238 cm³/mol. The van der Waals surface area contributed by atoms with Crippen molar-refractivity contribution < 1.29 is 18.9 Å². The lowest BCUT2D eigenvalue weighted by Gasteiger charge is -2.09. The zero-order valence-electron chi connectivity index (χ0n) is 31.8. The molecule has 6 rings (SSSR count). The number of hydrogen-bond acceptors (Lipinski definition) is 10. The van der Waals surface area contributed by atoms with Crippen molar-refractivity contribution in [1.29, 1.82) is 0 Å². The molecule has 0 radical (unpaired) electrons. The third kappa shape index (κ3) is 16.4. The summed E-state index contributed by atoms with van der Waals surface area (Å²) in [6.07, 6.45) is 11.5. The lowest BCUT2D eigenvalue weighted by molar-refractivity contribution is 0.237. The zero-order chi connectivity index (χ0) is 40.5. The smallest absolute Gasteiger partial charge is 0.227 e. The van der Waals surface area contributed by atoms with Gasteiger partial charge in [-0.3, -0.25) is 0 Å². The first-order chi connectivity index (χ1) is 27.9. The zero-order valence-corrected chi connectivity index (χ0v) is 32.6. The molecule has 11 heteroatoms. The van der Waals surface area contributed by atoms with Gasteiger partial charge in [0.15, 0.2) is 0 Å². The van der Waals surface area contributed by atoms with Crippen LogP contribution < -0.4 is 20.5 Å². The van der Waals surface area contributed by atoms with E-state index in [2.05, 4.69) is 51.6 Å². The third-order valence-electron chi connectivity index (χ3n) is 7.59. The van der Waals surface area contributed by atoms with Crippen LogP contribution >= 0.6 is 11.6 Å². The van der Waals surface area contributed by atoms with Crippen LogP contribution in [0.25, 0.3) is 22.5 Å². The maximum atomic E-state index is 5.77. The summed E-state index contributed by atoms with van der Waals surface area (Å²) in [4.78, 5) is 17.0. The summed E-state index contributed by atoms with van der Waals surface area (Å²) in [7, 11) is 0. The van der Waals surface area contributed by atoms with Gasteiger partial charge in [0.05, 0.1) is 37.1 Å². The molecule has 2 aromatic heterocycles. The van der Waals surface area contributed by atoms with E-state index in [1.54, 1.807) is 12.4 Å². The number of hydrogen-bond donors (Lipinski definition) is 2. The van der Waals surface area contributed by atoms with Gasteiger partial charge in [0.1, 0.15) is 24.7 Å². The number of aromatic nitrogens is 4. The number of halogens is 1. The maximum absolute atomic E-state index is 5.77. The summed E-state index contributed by atoms with van der Waals surface area (Å²) in [6, 6.07) is 34.8. The van der Waals surface area contributed by atoms with Crippen LogP contribution in [-0.4, -0.2) is 33.1 Å². The first-order valence-corrected chi connectivity index (χ1v) is 18.4. The molecule has 0 bridgehead atoms. The van der Waals surface area contributed by atoms with Crippen LogP contribution in [0, 0.1) is 0 Å². The lowest BCUT2D eigenvalue weighted by atomic mass is 10.1. The number of anilines is 3. The topological polar surface area (TPSA) is 127 Å². The lowest BCUT2D eigenvalue weighted by Crippen LogP contribution is -1.99. The highest BCUT2D eigenvalue weighted by Crippen LogP contribution is 2.25. The van der Waals surface area contributed by atoms with Crippen molar-refractivity contribution in [1.82, 2.24) is 19.9 Å². The standard InChI is InChI=1S/C23H23N3O2.C14H13ClN2O.C9H11NO.CH4/c1-3-5-14-28-21-11-7-9-19(16-21)22-12-13-24-23(26-22)25-20-10-6-8-18(15-20)17-27-4-2;1-2-3-9-18-12-6-4-5-11(10-12)13-7-8-16-14(15)17-13;1-2-11-7-8-4-3-5-9(10)6-8;/h3-4,6-13,15-16H,1-2,5,14,17H2,(H,24,25,26);2,4-8,10H,1,3,9H2;2-6H,1,7,10H2;1H4. The van der Waals surface area contributed by atoms with Crippen LogP contribution in [0.15, 0.2) is 173 Å². The second-order valence-electron chi connectivity index (χ2n) is 11.9. The van der Waals surface area contributed by atoms with E-state index in [0.717, 1.165) is 69.4 Å². The number of nitrogens with zero attached hydrogens (tertiary/aromatic N) is 4. The fourth-order valence-corrected chi connectivity index (χ4v) is 5.09. The highest BCUT2D eigenvalue weighted by molar-refractivity contribution is 6.28. The van der Waals surface area contributed by atoms with Gasteiger partial charge >= 0.3 is 0 Å². The Morgan fingerprint density at radius 1 is 0.621 bits per heavy atom. The predicted octanol–water partition coefficient (Wildman–Crippen LogP) is 11.8. The molecule has 0 unspecified atom stereocenters. The second kappa shape index (κ2) is 26.0. The van der Waals surface area contributed by atoms with Gasteiger partial charge in [0.2, 0.25) is 11.2 Å². The van der Waals surface area contributed by atoms with Gasteiger partial charge in [0, 0.05) is 34.9 Å². The van der Waals surface area contributed by atoms with Gasteiger partial charge in [-0.2, -0.15) is 0 Å². The fourth-order valence-electron chi connectivity index (χ4n) is 4.95. The van der Waals surface area contributed by atoms with Crippen LogP contribution in [0.1, 0.15) is 31.4 Å². The second-order valence-corrected chi connectivity index (χ2v) is 12.2. The quantitative estimate of drug-likeness (QED) is 0.0285. The van der Waals surface area contributed by atoms with E-state index in [1.807, 2.05) is 121 Å². The number of rotatable bonds is 18. The van der Waals surface area contributed by atoms with Crippen molar-refractivity contribution in [3.05, 3.63) is 189 Å². The Bertz CT molecular complexity index is 2180. The minimum atomic E-state index is 0. The molecule has 0 saturated carbocycles.